The van der Waals surface area contributed by atoms with Crippen LogP contribution in [-0.4, -0.2) is 84.0 Å². The van der Waals surface area contributed by atoms with Gasteiger partial charge in [-0.3, -0.25) is 14.4 Å². The van der Waals surface area contributed by atoms with Gasteiger partial charge >= 0.3 is 17.9 Å². The van der Waals surface area contributed by atoms with E-state index in [4.69, 9.17) is 14.2 Å². The summed E-state index contributed by atoms with van der Waals surface area (Å²) >= 11 is 0. The molecule has 1 heterocycles. The second kappa shape index (κ2) is 12.8. The Balaban J connectivity index is 2.68. The summed E-state index contributed by atoms with van der Waals surface area (Å²) in [6, 6.07) is -2.71. The molecule has 3 amide bonds. The fraction of sp³-hybridized carbons (Fsp3) is 0.714. The van der Waals surface area contributed by atoms with Crippen molar-refractivity contribution in [3.8, 4) is 0 Å². The average Bonchev–Trinajstić information content (AvgIpc) is 3.22. The molecule has 1 fully saturated rings. The van der Waals surface area contributed by atoms with Crippen molar-refractivity contribution in [2.24, 2.45) is 0 Å². The summed E-state index contributed by atoms with van der Waals surface area (Å²) in [5, 5.41) is 4.93. The fourth-order valence-corrected chi connectivity index (χ4v) is 3.17. The third-order valence-corrected chi connectivity index (χ3v) is 4.89. The summed E-state index contributed by atoms with van der Waals surface area (Å²) in [4.78, 5) is 73.7. The molecule has 5 atom stereocenters. The maximum Gasteiger partial charge on any atom is 0.347 e. The first-order valence-corrected chi connectivity index (χ1v) is 10.8. The van der Waals surface area contributed by atoms with Crippen LogP contribution in [0.15, 0.2) is 0 Å². The molecular formula is C21H33N3O9. The highest BCUT2D eigenvalue weighted by Gasteiger charge is 2.39. The van der Waals surface area contributed by atoms with Crippen LogP contribution in [0.3, 0.4) is 0 Å². The maximum atomic E-state index is 12.8. The Labute approximate surface area is 192 Å². The third-order valence-electron chi connectivity index (χ3n) is 4.89. The molecule has 0 radical (unpaired) electrons. The molecule has 12 heteroatoms. The molecule has 33 heavy (non-hydrogen) atoms. The zero-order valence-corrected chi connectivity index (χ0v) is 19.8. The summed E-state index contributed by atoms with van der Waals surface area (Å²) in [7, 11) is 0. The predicted octanol–water partition coefficient (Wildman–Crippen LogP) is -0.567. The molecule has 0 saturated carbocycles. The summed E-state index contributed by atoms with van der Waals surface area (Å²) in [6.07, 6.45) is -1.60. The Bertz CT molecular complexity index is 770. The van der Waals surface area contributed by atoms with Crippen LogP contribution in [0.5, 0.6) is 0 Å². The SMILES string of the molecule is CCOC(=O)[C@H](C)OC(=O)[C@H](C)OC(=O)[C@@H]1CCCN1C(=O)[C@H](C)NC(=O)[C@H](C)NC(C)=O. The quantitative estimate of drug-likeness (QED) is 0.314. The van der Waals surface area contributed by atoms with Crippen molar-refractivity contribution in [2.45, 2.75) is 84.7 Å². The highest BCUT2D eigenvalue weighted by atomic mass is 16.6. The monoisotopic (exact) mass is 471 g/mol. The van der Waals surface area contributed by atoms with Gasteiger partial charge in [0.05, 0.1) is 6.61 Å². The van der Waals surface area contributed by atoms with E-state index in [0.29, 0.717) is 12.8 Å². The number of amides is 3. The van der Waals surface area contributed by atoms with Gasteiger partial charge in [-0.15, -0.1) is 0 Å². The minimum atomic E-state index is -1.30. The summed E-state index contributed by atoms with van der Waals surface area (Å²) < 4.78 is 14.9. The van der Waals surface area contributed by atoms with Crippen molar-refractivity contribution in [3.05, 3.63) is 0 Å². The van der Waals surface area contributed by atoms with Gasteiger partial charge in [-0.2, -0.15) is 0 Å². The molecule has 0 aromatic rings. The van der Waals surface area contributed by atoms with E-state index in [1.807, 2.05) is 0 Å². The van der Waals surface area contributed by atoms with E-state index in [0.717, 1.165) is 0 Å². The highest BCUT2D eigenvalue weighted by molar-refractivity contribution is 5.93. The lowest BCUT2D eigenvalue weighted by Crippen LogP contribution is -2.54. The largest absolute Gasteiger partial charge is 0.463 e. The summed E-state index contributed by atoms with van der Waals surface area (Å²) in [5.74, 6) is -3.86. The highest BCUT2D eigenvalue weighted by Crippen LogP contribution is 2.20. The number of nitrogens with zero attached hydrogens (tertiary/aromatic N) is 1. The van der Waals surface area contributed by atoms with Crippen LogP contribution < -0.4 is 10.6 Å². The van der Waals surface area contributed by atoms with Crippen molar-refractivity contribution in [2.75, 3.05) is 13.2 Å². The minimum absolute atomic E-state index is 0.127. The second-order valence-electron chi connectivity index (χ2n) is 7.75. The van der Waals surface area contributed by atoms with Gasteiger partial charge in [0.1, 0.15) is 18.1 Å². The fourth-order valence-electron chi connectivity index (χ4n) is 3.17. The molecule has 1 aliphatic heterocycles. The minimum Gasteiger partial charge on any atom is -0.463 e. The summed E-state index contributed by atoms with van der Waals surface area (Å²) in [6.45, 7) is 8.87. The first kappa shape index (κ1) is 27.9. The molecule has 0 bridgehead atoms. The number of rotatable bonds is 10. The molecule has 12 nitrogen and oxygen atoms in total. The zero-order chi connectivity index (χ0) is 25.3. The lowest BCUT2D eigenvalue weighted by Gasteiger charge is -2.28. The molecule has 0 unspecified atom stereocenters. The molecule has 2 N–H and O–H groups in total. The van der Waals surface area contributed by atoms with Gasteiger partial charge in [-0.05, 0) is 47.5 Å². The van der Waals surface area contributed by atoms with E-state index in [-0.39, 0.29) is 19.1 Å². The number of esters is 3. The number of carbonyl (C=O) groups excluding carboxylic acids is 6. The first-order valence-electron chi connectivity index (χ1n) is 10.8. The first-order chi connectivity index (χ1) is 15.4. The van der Waals surface area contributed by atoms with E-state index in [9.17, 15) is 28.8 Å². The number of ether oxygens (including phenoxy) is 3. The molecule has 0 spiro atoms. The smallest absolute Gasteiger partial charge is 0.347 e. The van der Waals surface area contributed by atoms with Crippen molar-refractivity contribution >= 4 is 35.6 Å². The zero-order valence-electron chi connectivity index (χ0n) is 19.8. The Hall–Kier alpha value is -3.18. The molecular weight excluding hydrogens is 438 g/mol. The van der Waals surface area contributed by atoms with E-state index in [2.05, 4.69) is 10.6 Å². The van der Waals surface area contributed by atoms with Crippen molar-refractivity contribution in [1.82, 2.24) is 15.5 Å². The van der Waals surface area contributed by atoms with Crippen molar-refractivity contribution in [3.63, 3.8) is 0 Å². The van der Waals surface area contributed by atoms with Gasteiger partial charge < -0.3 is 29.7 Å². The van der Waals surface area contributed by atoms with Gasteiger partial charge in [0.15, 0.2) is 12.2 Å². The molecule has 186 valence electrons. The van der Waals surface area contributed by atoms with Crippen LogP contribution in [0.25, 0.3) is 0 Å². The van der Waals surface area contributed by atoms with Gasteiger partial charge in [0.25, 0.3) is 0 Å². The summed E-state index contributed by atoms with van der Waals surface area (Å²) in [5.41, 5.74) is 0. The lowest BCUT2D eigenvalue weighted by atomic mass is 10.2. The van der Waals surface area contributed by atoms with E-state index >= 15 is 0 Å². The Morgan fingerprint density at radius 3 is 2.09 bits per heavy atom. The Kier molecular flexibility index (Phi) is 10.8. The number of likely N-dealkylation sites (tertiary alicyclic amines) is 1. The standard InChI is InChI=1S/C21H33N3O9/c1-7-31-19(28)13(4)32-20(29)14(5)33-21(30)16-9-8-10-24(16)18(27)12(3)23-17(26)11(2)22-15(6)25/h11-14,16H,7-10H2,1-6H3,(H,22,25)(H,23,26)/t11-,12-,13-,14-,16-/m0/s1. The van der Waals surface area contributed by atoms with Crippen LogP contribution in [0.1, 0.15) is 54.4 Å². The molecule has 1 saturated heterocycles. The van der Waals surface area contributed by atoms with Gasteiger partial charge in [-0.1, -0.05) is 0 Å². The average molecular weight is 472 g/mol. The van der Waals surface area contributed by atoms with Crippen LogP contribution in [0, 0.1) is 0 Å². The lowest BCUT2D eigenvalue weighted by molar-refractivity contribution is -0.178. The van der Waals surface area contributed by atoms with E-state index in [1.54, 1.807) is 6.92 Å². The van der Waals surface area contributed by atoms with Gasteiger partial charge in [0.2, 0.25) is 17.7 Å². The number of hydrogen-bond acceptors (Lipinski definition) is 9. The molecule has 1 aliphatic rings. The molecule has 0 aromatic carbocycles. The number of nitrogens with one attached hydrogen (secondary N) is 2. The van der Waals surface area contributed by atoms with E-state index in [1.165, 1.54) is 39.5 Å². The third kappa shape index (κ3) is 8.35. The predicted molar refractivity (Wildman–Crippen MR) is 113 cm³/mol. The van der Waals surface area contributed by atoms with Crippen LogP contribution in [-0.2, 0) is 43.0 Å². The maximum absolute atomic E-state index is 12.8. The van der Waals surface area contributed by atoms with Crippen molar-refractivity contribution < 1.29 is 43.0 Å². The molecule has 0 aliphatic carbocycles. The van der Waals surface area contributed by atoms with Crippen LogP contribution >= 0.6 is 0 Å². The van der Waals surface area contributed by atoms with Gasteiger partial charge in [-0.25, -0.2) is 14.4 Å². The van der Waals surface area contributed by atoms with Gasteiger partial charge in [0, 0.05) is 13.5 Å². The van der Waals surface area contributed by atoms with E-state index < -0.39 is 60.1 Å². The molecule has 1 rings (SSSR count). The van der Waals surface area contributed by atoms with Crippen molar-refractivity contribution in [1.29, 1.82) is 0 Å². The molecule has 0 aromatic heterocycles. The van der Waals surface area contributed by atoms with Crippen LogP contribution in [0.4, 0.5) is 0 Å². The van der Waals surface area contributed by atoms with Crippen LogP contribution in [0.2, 0.25) is 0 Å². The number of hydrogen-bond donors (Lipinski definition) is 2. The Morgan fingerprint density at radius 2 is 1.52 bits per heavy atom. The normalized spacial score (nSPS) is 18.8. The Morgan fingerprint density at radius 1 is 0.909 bits per heavy atom. The second-order valence-corrected chi connectivity index (χ2v) is 7.75. The number of carbonyl (C=O) groups is 6. The topological polar surface area (TPSA) is 157 Å².